The van der Waals surface area contributed by atoms with Gasteiger partial charge in [-0.05, 0) is 24.3 Å². The van der Waals surface area contributed by atoms with Gasteiger partial charge < -0.3 is 48.1 Å². The van der Waals surface area contributed by atoms with Crippen molar-refractivity contribution in [2.75, 3.05) is 0 Å². The summed E-state index contributed by atoms with van der Waals surface area (Å²) in [5.74, 6) is -12.4. The second kappa shape index (κ2) is 15.5. The maximum atomic E-state index is 12.8. The molecule has 288 valence electrons. The molecular formula is C38H40O16. The summed E-state index contributed by atoms with van der Waals surface area (Å²) in [6, 6.07) is 0. The summed E-state index contributed by atoms with van der Waals surface area (Å²) in [4.78, 5) is 76.1. The van der Waals surface area contributed by atoms with Gasteiger partial charge in [-0.1, -0.05) is 64.2 Å². The highest BCUT2D eigenvalue weighted by Crippen LogP contribution is 2.45. The first kappa shape index (κ1) is 39.2. The number of allylic oxidation sites excluding steroid dienone is 8. The number of rotatable bonds is 10. The molecule has 16 nitrogen and oxygen atoms in total. The zero-order valence-electron chi connectivity index (χ0n) is 30.0. The fourth-order valence-electron chi connectivity index (χ4n) is 6.01. The van der Waals surface area contributed by atoms with E-state index in [0.29, 0.717) is 25.7 Å². The molecule has 1 saturated carbocycles. The molecule has 5 aliphatic rings. The Morgan fingerprint density at radius 1 is 0.444 bits per heavy atom. The van der Waals surface area contributed by atoms with Gasteiger partial charge in [-0.2, -0.15) is 0 Å². The van der Waals surface area contributed by atoms with Gasteiger partial charge in [0.2, 0.25) is 0 Å². The Kier molecular flexibility index (Phi) is 11.2. The smallest absolute Gasteiger partial charge is 0.348 e. The van der Waals surface area contributed by atoms with Crippen molar-refractivity contribution in [3.63, 3.8) is 0 Å². The van der Waals surface area contributed by atoms with E-state index in [1.807, 2.05) is 0 Å². The number of hydrogen-bond donors (Lipinski definition) is 2. The van der Waals surface area contributed by atoms with Crippen LogP contribution < -0.4 is 0 Å². The highest BCUT2D eigenvalue weighted by atomic mass is 16.8. The highest BCUT2D eigenvalue weighted by molar-refractivity contribution is 6.16. The predicted octanol–water partition coefficient (Wildman–Crippen LogP) is 4.95. The molecule has 54 heavy (non-hydrogen) atoms. The molecule has 5 rings (SSSR count). The molecule has 2 spiro atoms. The highest BCUT2D eigenvalue weighted by Gasteiger charge is 2.57. The fourth-order valence-corrected chi connectivity index (χ4v) is 6.01. The third-order valence-corrected chi connectivity index (χ3v) is 9.44. The molecular weight excluding hydrogens is 712 g/mol. The average Bonchev–Trinajstić information content (AvgIpc) is 3.13. The molecule has 2 saturated heterocycles. The van der Waals surface area contributed by atoms with Crippen LogP contribution in [0.25, 0.3) is 0 Å². The first-order valence-corrected chi connectivity index (χ1v) is 17.4. The summed E-state index contributed by atoms with van der Waals surface area (Å²) in [5.41, 5.74) is -1.24. The molecule has 16 heteroatoms. The van der Waals surface area contributed by atoms with Gasteiger partial charge in [-0.25, -0.2) is 28.8 Å². The summed E-state index contributed by atoms with van der Waals surface area (Å²) >= 11 is 0. The van der Waals surface area contributed by atoms with E-state index in [1.165, 1.54) is 48.6 Å². The van der Waals surface area contributed by atoms with Crippen molar-refractivity contribution in [1.82, 2.24) is 0 Å². The van der Waals surface area contributed by atoms with E-state index in [1.54, 1.807) is 27.7 Å². The summed E-state index contributed by atoms with van der Waals surface area (Å²) in [7, 11) is 0. The molecule has 0 radical (unpaired) electrons. The normalized spacial score (nSPS) is 26.9. The number of ether oxygens (including phenoxy) is 8. The SMILES string of the molecule is CCC1(CC)OC(=O)C(C=CC=CC=C2C(=O)OC3(CCC4(CC3)OC(=O)C(=C/C=C/C=C/C3=C(O)OC(CC)(CC)OC3=O)C(=O)O4)OC2=O)=C(O)O1. The lowest BCUT2D eigenvalue weighted by molar-refractivity contribution is -0.291. The minimum Gasteiger partial charge on any atom is -0.480 e. The second-order valence-electron chi connectivity index (χ2n) is 12.7. The topological polar surface area (TPSA) is 217 Å². The van der Waals surface area contributed by atoms with Gasteiger partial charge in [-0.3, -0.25) is 0 Å². The third-order valence-electron chi connectivity index (χ3n) is 9.44. The van der Waals surface area contributed by atoms with Crippen molar-refractivity contribution in [1.29, 1.82) is 0 Å². The van der Waals surface area contributed by atoms with Crippen LogP contribution in [0.2, 0.25) is 0 Å². The summed E-state index contributed by atoms with van der Waals surface area (Å²) in [6.45, 7) is 7.01. The Balaban J connectivity index is 1.14. The number of esters is 6. The number of carbonyl (C=O) groups is 6. The van der Waals surface area contributed by atoms with Crippen LogP contribution in [-0.2, 0) is 66.7 Å². The number of aliphatic hydroxyl groups is 2. The first-order chi connectivity index (χ1) is 25.7. The summed E-state index contributed by atoms with van der Waals surface area (Å²) in [6.07, 6.45) is 13.7. The number of aliphatic hydroxyl groups excluding tert-OH is 2. The minimum absolute atomic E-state index is 0.138. The number of carbonyl (C=O) groups excluding carboxylic acids is 6. The lowest BCUT2D eigenvalue weighted by atomic mass is 9.87. The molecule has 0 bridgehead atoms. The van der Waals surface area contributed by atoms with Crippen LogP contribution in [-0.4, -0.2) is 69.2 Å². The van der Waals surface area contributed by atoms with Crippen LogP contribution in [0.3, 0.4) is 0 Å². The Labute approximate surface area is 309 Å². The van der Waals surface area contributed by atoms with Crippen molar-refractivity contribution < 1.29 is 76.9 Å². The van der Waals surface area contributed by atoms with E-state index >= 15 is 0 Å². The van der Waals surface area contributed by atoms with Gasteiger partial charge in [0.05, 0.1) is 0 Å². The van der Waals surface area contributed by atoms with Crippen LogP contribution in [0.15, 0.2) is 94.9 Å². The lowest BCUT2D eigenvalue weighted by Gasteiger charge is -2.45. The zero-order chi connectivity index (χ0) is 39.3. The molecule has 1 aliphatic carbocycles. The maximum absolute atomic E-state index is 12.8. The Morgan fingerprint density at radius 3 is 1.04 bits per heavy atom. The van der Waals surface area contributed by atoms with Crippen LogP contribution >= 0.6 is 0 Å². The van der Waals surface area contributed by atoms with Crippen molar-refractivity contribution in [3.05, 3.63) is 94.9 Å². The van der Waals surface area contributed by atoms with Crippen molar-refractivity contribution in [2.45, 2.75) is 102 Å². The largest absolute Gasteiger partial charge is 0.480 e. The van der Waals surface area contributed by atoms with Crippen molar-refractivity contribution >= 4 is 35.8 Å². The molecule has 2 N–H and O–H groups in total. The van der Waals surface area contributed by atoms with Crippen LogP contribution in [0.4, 0.5) is 0 Å². The van der Waals surface area contributed by atoms with E-state index in [-0.39, 0.29) is 36.8 Å². The molecule has 0 aromatic carbocycles. The molecule has 0 atom stereocenters. The zero-order valence-corrected chi connectivity index (χ0v) is 30.0. The van der Waals surface area contributed by atoms with Crippen molar-refractivity contribution in [3.8, 4) is 0 Å². The Morgan fingerprint density at radius 2 is 0.759 bits per heavy atom. The molecule has 0 amide bonds. The van der Waals surface area contributed by atoms with E-state index in [9.17, 15) is 39.0 Å². The Bertz CT molecular complexity index is 1670. The van der Waals surface area contributed by atoms with Crippen LogP contribution in [0.1, 0.15) is 79.1 Å². The van der Waals surface area contributed by atoms with E-state index in [4.69, 9.17) is 37.9 Å². The first-order valence-electron chi connectivity index (χ1n) is 17.4. The summed E-state index contributed by atoms with van der Waals surface area (Å²) in [5, 5.41) is 20.4. The van der Waals surface area contributed by atoms with E-state index in [0.717, 1.165) is 12.2 Å². The van der Waals surface area contributed by atoms with Gasteiger partial charge in [0.1, 0.15) is 22.3 Å². The molecule has 4 heterocycles. The van der Waals surface area contributed by atoms with Crippen molar-refractivity contribution in [2.24, 2.45) is 0 Å². The molecule has 0 aromatic rings. The van der Waals surface area contributed by atoms with Gasteiger partial charge in [0, 0.05) is 51.4 Å². The fraction of sp³-hybridized carbons (Fsp3) is 0.421. The second-order valence-corrected chi connectivity index (χ2v) is 12.7. The van der Waals surface area contributed by atoms with Gasteiger partial charge in [0.25, 0.3) is 35.0 Å². The summed E-state index contributed by atoms with van der Waals surface area (Å²) < 4.78 is 43.5. The van der Waals surface area contributed by atoms with Gasteiger partial charge in [0.15, 0.2) is 0 Å². The van der Waals surface area contributed by atoms with Crippen LogP contribution in [0, 0.1) is 0 Å². The average molecular weight is 753 g/mol. The quantitative estimate of drug-likeness (QED) is 0.0992. The minimum atomic E-state index is -1.67. The molecule has 0 unspecified atom stereocenters. The standard InChI is InChI=1S/C38H40O16/c1-5-35(6-2)47-27(39)23(28(40)48-35)15-11-9-13-17-25-31(43)51-37(52-32(25)44)19-21-38(22-20-37)53-33(45)26(34(46)54-38)18-14-10-12-16-24-29(41)49-36(7-3,8-4)50-30(24)42/h9-18,39,41H,5-8,19-22H2,1-4H3/b13-9+,14-10?,15-11+,16-12?,25-17?,26-18?. The number of cyclic esters (lactones) is 2. The Hall–Kier alpha value is -6.06. The number of hydrogen-bond acceptors (Lipinski definition) is 16. The maximum Gasteiger partial charge on any atom is 0.348 e. The molecule has 3 fully saturated rings. The van der Waals surface area contributed by atoms with Crippen LogP contribution in [0.5, 0.6) is 0 Å². The third kappa shape index (κ3) is 7.96. The predicted molar refractivity (Wildman–Crippen MR) is 181 cm³/mol. The van der Waals surface area contributed by atoms with Gasteiger partial charge >= 0.3 is 35.8 Å². The van der Waals surface area contributed by atoms with E-state index in [2.05, 4.69) is 0 Å². The van der Waals surface area contributed by atoms with Gasteiger partial charge in [-0.15, -0.1) is 0 Å². The monoisotopic (exact) mass is 752 g/mol. The van der Waals surface area contributed by atoms with E-state index < -0.39 is 82.0 Å². The molecule has 0 aromatic heterocycles. The lowest BCUT2D eigenvalue weighted by Crippen LogP contribution is -2.56. The molecule has 4 aliphatic heterocycles.